The fourth-order valence-corrected chi connectivity index (χ4v) is 2.36. The van der Waals surface area contributed by atoms with E-state index in [1.54, 1.807) is 18.2 Å². The summed E-state index contributed by atoms with van der Waals surface area (Å²) in [7, 11) is 0. The minimum atomic E-state index is -0.467. The molecule has 0 saturated heterocycles. The van der Waals surface area contributed by atoms with Crippen LogP contribution in [0, 0.1) is 10.1 Å². The summed E-state index contributed by atoms with van der Waals surface area (Å²) >= 11 is 0. The SMILES string of the molecule is O=C(Cc1coc(-c2ccccc2)n1)NCc1ccccc1[N+](=O)[O-]. The van der Waals surface area contributed by atoms with Gasteiger partial charge in [0.25, 0.3) is 5.69 Å². The maximum absolute atomic E-state index is 12.1. The first-order chi connectivity index (χ1) is 12.1. The van der Waals surface area contributed by atoms with E-state index in [0.717, 1.165) is 5.56 Å². The predicted octanol–water partition coefficient (Wildman–Crippen LogP) is 3.11. The number of rotatable bonds is 6. The molecule has 1 aromatic heterocycles. The minimum Gasteiger partial charge on any atom is -0.444 e. The van der Waals surface area contributed by atoms with Gasteiger partial charge in [-0.3, -0.25) is 14.9 Å². The van der Waals surface area contributed by atoms with Gasteiger partial charge in [0.2, 0.25) is 11.8 Å². The van der Waals surface area contributed by atoms with Crippen LogP contribution in [-0.4, -0.2) is 15.8 Å². The normalized spacial score (nSPS) is 10.4. The number of carbonyl (C=O) groups excluding carboxylic acids is 1. The molecule has 25 heavy (non-hydrogen) atoms. The monoisotopic (exact) mass is 337 g/mol. The molecule has 3 rings (SSSR count). The molecule has 0 aliphatic carbocycles. The average Bonchev–Trinajstić information content (AvgIpc) is 3.09. The predicted molar refractivity (Wildman–Crippen MR) is 90.6 cm³/mol. The molecule has 0 aliphatic heterocycles. The Kier molecular flexibility index (Phi) is 4.84. The van der Waals surface area contributed by atoms with Gasteiger partial charge in [0.1, 0.15) is 6.26 Å². The van der Waals surface area contributed by atoms with Crippen molar-refractivity contribution in [2.45, 2.75) is 13.0 Å². The highest BCUT2D eigenvalue weighted by atomic mass is 16.6. The molecule has 0 bridgehead atoms. The molecule has 0 unspecified atom stereocenters. The Morgan fingerprint density at radius 2 is 1.84 bits per heavy atom. The first-order valence-corrected chi connectivity index (χ1v) is 7.62. The van der Waals surface area contributed by atoms with E-state index in [0.29, 0.717) is 17.1 Å². The molecule has 126 valence electrons. The largest absolute Gasteiger partial charge is 0.444 e. The molecule has 1 heterocycles. The Labute approximate surface area is 143 Å². The number of benzene rings is 2. The van der Waals surface area contributed by atoms with Crippen LogP contribution in [0.15, 0.2) is 65.3 Å². The number of para-hydroxylation sites is 1. The molecule has 0 fully saturated rings. The van der Waals surface area contributed by atoms with Crippen molar-refractivity contribution in [3.8, 4) is 11.5 Å². The van der Waals surface area contributed by atoms with Crippen LogP contribution in [0.25, 0.3) is 11.5 Å². The van der Waals surface area contributed by atoms with E-state index in [2.05, 4.69) is 10.3 Å². The highest BCUT2D eigenvalue weighted by molar-refractivity contribution is 5.78. The Hall–Kier alpha value is -3.48. The number of oxazole rings is 1. The molecule has 0 atom stereocenters. The van der Waals surface area contributed by atoms with Crippen molar-refractivity contribution in [3.63, 3.8) is 0 Å². The zero-order valence-corrected chi connectivity index (χ0v) is 13.2. The van der Waals surface area contributed by atoms with Crippen molar-refractivity contribution >= 4 is 11.6 Å². The maximum atomic E-state index is 12.1. The smallest absolute Gasteiger partial charge is 0.274 e. The van der Waals surface area contributed by atoms with E-state index < -0.39 is 4.92 Å². The molecule has 7 nitrogen and oxygen atoms in total. The van der Waals surface area contributed by atoms with Crippen molar-refractivity contribution in [1.82, 2.24) is 10.3 Å². The zero-order chi connectivity index (χ0) is 17.6. The van der Waals surface area contributed by atoms with Gasteiger partial charge in [-0.05, 0) is 12.1 Å². The second kappa shape index (κ2) is 7.39. The molecule has 0 saturated carbocycles. The Balaban J connectivity index is 1.61. The van der Waals surface area contributed by atoms with Crippen LogP contribution in [0.4, 0.5) is 5.69 Å². The number of nitrogens with zero attached hydrogens (tertiary/aromatic N) is 2. The Morgan fingerprint density at radius 3 is 2.60 bits per heavy atom. The molecule has 3 aromatic rings. The van der Waals surface area contributed by atoms with Crippen LogP contribution in [0.2, 0.25) is 0 Å². The quantitative estimate of drug-likeness (QED) is 0.550. The van der Waals surface area contributed by atoms with Gasteiger partial charge < -0.3 is 9.73 Å². The molecule has 0 radical (unpaired) electrons. The molecule has 1 amide bonds. The van der Waals surface area contributed by atoms with E-state index >= 15 is 0 Å². The van der Waals surface area contributed by atoms with Gasteiger partial charge in [-0.15, -0.1) is 0 Å². The molecule has 2 aromatic carbocycles. The number of nitro groups is 1. The number of nitrogens with one attached hydrogen (secondary N) is 1. The summed E-state index contributed by atoms with van der Waals surface area (Å²) < 4.78 is 5.38. The lowest BCUT2D eigenvalue weighted by atomic mass is 10.2. The van der Waals surface area contributed by atoms with Crippen molar-refractivity contribution in [3.05, 3.63) is 82.2 Å². The number of aromatic nitrogens is 1. The van der Waals surface area contributed by atoms with E-state index in [9.17, 15) is 14.9 Å². The number of nitro benzene ring substituents is 1. The third-order valence-electron chi connectivity index (χ3n) is 3.58. The van der Waals surface area contributed by atoms with Gasteiger partial charge in [0.05, 0.1) is 17.0 Å². The van der Waals surface area contributed by atoms with Crippen LogP contribution in [-0.2, 0) is 17.8 Å². The van der Waals surface area contributed by atoms with Gasteiger partial charge >= 0.3 is 0 Å². The van der Waals surface area contributed by atoms with Crippen LogP contribution in [0.5, 0.6) is 0 Å². The summed E-state index contributed by atoms with van der Waals surface area (Å²) in [5.74, 6) is 0.160. The summed E-state index contributed by atoms with van der Waals surface area (Å²) in [6, 6.07) is 15.7. The molecular weight excluding hydrogens is 322 g/mol. The Morgan fingerprint density at radius 1 is 1.12 bits per heavy atom. The molecule has 1 N–H and O–H groups in total. The van der Waals surface area contributed by atoms with Gasteiger partial charge in [0, 0.05) is 23.7 Å². The van der Waals surface area contributed by atoms with Crippen LogP contribution < -0.4 is 5.32 Å². The number of carbonyl (C=O) groups is 1. The molecular formula is C18H15N3O4. The van der Waals surface area contributed by atoms with Gasteiger partial charge in [-0.2, -0.15) is 0 Å². The summed E-state index contributed by atoms with van der Waals surface area (Å²) in [4.78, 5) is 26.8. The second-order valence-corrected chi connectivity index (χ2v) is 5.35. The van der Waals surface area contributed by atoms with Gasteiger partial charge in [-0.25, -0.2) is 4.98 Å². The van der Waals surface area contributed by atoms with Crippen molar-refractivity contribution in [2.75, 3.05) is 0 Å². The van der Waals surface area contributed by atoms with Crippen LogP contribution in [0.3, 0.4) is 0 Å². The third-order valence-corrected chi connectivity index (χ3v) is 3.58. The highest BCUT2D eigenvalue weighted by Gasteiger charge is 2.14. The van der Waals surface area contributed by atoms with Crippen molar-refractivity contribution in [2.24, 2.45) is 0 Å². The fourth-order valence-electron chi connectivity index (χ4n) is 2.36. The second-order valence-electron chi connectivity index (χ2n) is 5.35. The molecule has 0 aliphatic rings. The topological polar surface area (TPSA) is 98.3 Å². The molecule has 7 heteroatoms. The number of hydrogen-bond acceptors (Lipinski definition) is 5. The van der Waals surface area contributed by atoms with Crippen LogP contribution >= 0.6 is 0 Å². The lowest BCUT2D eigenvalue weighted by Gasteiger charge is -2.04. The highest BCUT2D eigenvalue weighted by Crippen LogP contribution is 2.19. The van der Waals surface area contributed by atoms with E-state index in [1.807, 2.05) is 30.3 Å². The fraction of sp³-hybridized carbons (Fsp3) is 0.111. The average molecular weight is 337 g/mol. The number of hydrogen-bond donors (Lipinski definition) is 1. The van der Waals surface area contributed by atoms with E-state index in [-0.39, 0.29) is 24.6 Å². The summed E-state index contributed by atoms with van der Waals surface area (Å²) in [6.07, 6.45) is 1.48. The van der Waals surface area contributed by atoms with E-state index in [4.69, 9.17) is 4.42 Å². The minimum absolute atomic E-state index is 0.0180. The van der Waals surface area contributed by atoms with Crippen molar-refractivity contribution in [1.29, 1.82) is 0 Å². The Bertz CT molecular complexity index is 890. The first-order valence-electron chi connectivity index (χ1n) is 7.62. The van der Waals surface area contributed by atoms with E-state index in [1.165, 1.54) is 12.3 Å². The van der Waals surface area contributed by atoms with Gasteiger partial charge in [-0.1, -0.05) is 36.4 Å². The molecule has 0 spiro atoms. The van der Waals surface area contributed by atoms with Crippen LogP contribution in [0.1, 0.15) is 11.3 Å². The number of amides is 1. The first kappa shape index (κ1) is 16.4. The summed E-state index contributed by atoms with van der Waals surface area (Å²) in [6.45, 7) is 0.0827. The zero-order valence-electron chi connectivity index (χ0n) is 13.2. The summed E-state index contributed by atoms with van der Waals surface area (Å²) in [5.41, 5.74) is 1.76. The lowest BCUT2D eigenvalue weighted by Crippen LogP contribution is -2.25. The lowest BCUT2D eigenvalue weighted by molar-refractivity contribution is -0.385. The van der Waals surface area contributed by atoms with Crippen molar-refractivity contribution < 1.29 is 14.1 Å². The maximum Gasteiger partial charge on any atom is 0.274 e. The summed E-state index contributed by atoms with van der Waals surface area (Å²) in [5, 5.41) is 13.6. The third kappa shape index (κ3) is 4.08. The van der Waals surface area contributed by atoms with Gasteiger partial charge in [0.15, 0.2) is 0 Å². The standard InChI is InChI=1S/C18H15N3O4/c22-17(19-11-14-8-4-5-9-16(14)21(23)24)10-15-12-25-18(20-15)13-6-2-1-3-7-13/h1-9,12H,10-11H2,(H,19,22).